The van der Waals surface area contributed by atoms with Crippen LogP contribution in [0.3, 0.4) is 0 Å². The van der Waals surface area contributed by atoms with Crippen molar-refractivity contribution in [1.29, 1.82) is 0 Å². The smallest absolute Gasteiger partial charge is 0.126 e. The Kier molecular flexibility index (Phi) is 7.01. The van der Waals surface area contributed by atoms with Gasteiger partial charge >= 0.3 is 0 Å². The van der Waals surface area contributed by atoms with Gasteiger partial charge < -0.3 is 5.11 Å². The van der Waals surface area contributed by atoms with Crippen LogP contribution in [0.2, 0.25) is 0 Å². The Morgan fingerprint density at radius 3 is 2.23 bits per heavy atom. The molecule has 0 radical (unpaired) electrons. The van der Waals surface area contributed by atoms with Crippen molar-refractivity contribution in [2.45, 2.75) is 53.1 Å². The van der Waals surface area contributed by atoms with Crippen molar-refractivity contribution in [2.24, 2.45) is 0 Å². The van der Waals surface area contributed by atoms with Crippen molar-refractivity contribution in [3.63, 3.8) is 0 Å². The Bertz CT molecular complexity index is 1010. The van der Waals surface area contributed by atoms with Gasteiger partial charge in [-0.1, -0.05) is 83.9 Å². The zero-order valence-electron chi connectivity index (χ0n) is 19.1. The predicted octanol–water partition coefficient (Wildman–Crippen LogP) is 5.57. The van der Waals surface area contributed by atoms with E-state index in [4.69, 9.17) is 0 Å². The summed E-state index contributed by atoms with van der Waals surface area (Å²) in [6.07, 6.45) is 0. The molecule has 3 aromatic carbocycles. The van der Waals surface area contributed by atoms with Gasteiger partial charge in [0, 0.05) is 18.4 Å². The molecular formula is C27H34NOP. The molecule has 0 spiro atoms. The third kappa shape index (κ3) is 5.50. The summed E-state index contributed by atoms with van der Waals surface area (Å²) in [6, 6.07) is 21.5. The molecule has 0 bridgehead atoms. The van der Waals surface area contributed by atoms with Crippen molar-refractivity contribution in [3.05, 3.63) is 88.5 Å². The van der Waals surface area contributed by atoms with Gasteiger partial charge in [0.2, 0.25) is 0 Å². The maximum absolute atomic E-state index is 10.8. The highest BCUT2D eigenvalue weighted by Gasteiger charge is 2.19. The van der Waals surface area contributed by atoms with E-state index in [2.05, 4.69) is 100 Å². The number of aryl methyl sites for hydroxylation is 2. The summed E-state index contributed by atoms with van der Waals surface area (Å²) in [6.45, 7) is 12.7. The van der Waals surface area contributed by atoms with Crippen LogP contribution < -0.4 is 10.6 Å². The van der Waals surface area contributed by atoms with E-state index in [0.717, 1.165) is 24.0 Å². The van der Waals surface area contributed by atoms with Crippen LogP contribution in [-0.2, 0) is 18.5 Å². The Labute approximate surface area is 183 Å². The molecule has 1 N–H and O–H groups in total. The minimum atomic E-state index is 0.0577. The highest BCUT2D eigenvalue weighted by Crippen LogP contribution is 2.30. The number of nitrogens with zero attached hydrogens (tertiary/aromatic N) is 1. The average Bonchev–Trinajstić information content (AvgIpc) is 2.67. The average molecular weight is 420 g/mol. The fourth-order valence-corrected chi connectivity index (χ4v) is 5.14. The monoisotopic (exact) mass is 419 g/mol. The van der Waals surface area contributed by atoms with Gasteiger partial charge in [-0.15, -0.1) is 0 Å². The molecule has 0 heterocycles. The molecule has 0 fully saturated rings. The van der Waals surface area contributed by atoms with E-state index in [1.165, 1.54) is 27.6 Å². The lowest BCUT2D eigenvalue weighted by atomic mass is 9.86. The first-order chi connectivity index (χ1) is 14.1. The van der Waals surface area contributed by atoms with Crippen molar-refractivity contribution >= 4 is 19.2 Å². The molecule has 3 rings (SSSR count). The van der Waals surface area contributed by atoms with Crippen LogP contribution in [0.4, 0.5) is 0 Å². The highest BCUT2D eigenvalue weighted by atomic mass is 31.1. The third-order valence-corrected chi connectivity index (χ3v) is 7.14. The van der Waals surface area contributed by atoms with E-state index in [1.807, 2.05) is 6.92 Å². The van der Waals surface area contributed by atoms with Crippen molar-refractivity contribution in [2.75, 3.05) is 7.05 Å². The van der Waals surface area contributed by atoms with Crippen LogP contribution in [0, 0.1) is 13.8 Å². The zero-order chi connectivity index (χ0) is 21.9. The number of aromatic hydroxyl groups is 1. The molecule has 0 aliphatic rings. The molecule has 2 nitrogen and oxygen atoms in total. The maximum Gasteiger partial charge on any atom is 0.126 e. The number of rotatable bonds is 6. The summed E-state index contributed by atoms with van der Waals surface area (Å²) in [5.74, 6) is 0.438. The van der Waals surface area contributed by atoms with Crippen LogP contribution >= 0.6 is 8.58 Å². The van der Waals surface area contributed by atoms with Crippen LogP contribution in [0.15, 0.2) is 60.7 Å². The second-order valence-corrected chi connectivity index (χ2v) is 10.6. The third-order valence-electron chi connectivity index (χ3n) is 5.52. The molecule has 0 aliphatic heterocycles. The number of hydrogen-bond donors (Lipinski definition) is 1. The Morgan fingerprint density at radius 2 is 1.57 bits per heavy atom. The van der Waals surface area contributed by atoms with Crippen LogP contribution in [-0.4, -0.2) is 17.1 Å². The number of benzene rings is 3. The Balaban J connectivity index is 1.90. The minimum absolute atomic E-state index is 0.0577. The van der Waals surface area contributed by atoms with Crippen LogP contribution in [0.25, 0.3) is 0 Å². The quantitative estimate of drug-likeness (QED) is 0.528. The summed E-state index contributed by atoms with van der Waals surface area (Å²) in [4.78, 5) is 2.36. The fraction of sp³-hybridized carbons (Fsp3) is 0.333. The first kappa shape index (κ1) is 22.5. The van der Waals surface area contributed by atoms with Gasteiger partial charge in [-0.25, -0.2) is 0 Å². The van der Waals surface area contributed by atoms with E-state index in [9.17, 15) is 5.11 Å². The number of hydrogen-bond acceptors (Lipinski definition) is 2. The van der Waals surface area contributed by atoms with E-state index in [0.29, 0.717) is 14.3 Å². The van der Waals surface area contributed by atoms with Gasteiger partial charge in [-0.2, -0.15) is 0 Å². The summed E-state index contributed by atoms with van der Waals surface area (Å²) >= 11 is 0. The number of phenolic OH excluding ortho intramolecular Hbond substituents is 1. The zero-order valence-corrected chi connectivity index (χ0v) is 20.1. The van der Waals surface area contributed by atoms with Crippen molar-refractivity contribution in [1.82, 2.24) is 4.90 Å². The molecule has 1 atom stereocenters. The summed E-state index contributed by atoms with van der Waals surface area (Å²) in [7, 11) is 2.61. The first-order valence-corrected chi connectivity index (χ1v) is 11.6. The summed E-state index contributed by atoms with van der Waals surface area (Å²) in [5, 5.41) is 13.2. The maximum atomic E-state index is 10.8. The lowest BCUT2D eigenvalue weighted by Gasteiger charge is -2.23. The standard InChI is InChI=1S/C27H34NOP/c1-19-11-10-14-22(18-28(6)17-21-12-8-7-9-13-21)26(19)30-24-16-23(27(3,4)5)15-20(2)25(24)29/h7-16,29-30H,17-18H2,1-6H3. The molecule has 3 aromatic rings. The molecule has 0 saturated heterocycles. The SMILES string of the molecule is Cc1cc(C(C)(C)C)cc(Pc2c(C)cccc2CN(C)Cc2ccccc2)c1O. The van der Waals surface area contributed by atoms with E-state index >= 15 is 0 Å². The molecule has 30 heavy (non-hydrogen) atoms. The van der Waals surface area contributed by atoms with Gasteiger partial charge in [0.25, 0.3) is 0 Å². The van der Waals surface area contributed by atoms with E-state index < -0.39 is 0 Å². The first-order valence-electron chi connectivity index (χ1n) is 10.6. The fourth-order valence-electron chi connectivity index (χ4n) is 3.72. The minimum Gasteiger partial charge on any atom is -0.507 e. The van der Waals surface area contributed by atoms with E-state index in [-0.39, 0.29) is 5.41 Å². The summed E-state index contributed by atoms with van der Waals surface area (Å²) < 4.78 is 0. The normalized spacial score (nSPS) is 12.2. The topological polar surface area (TPSA) is 23.5 Å². The van der Waals surface area contributed by atoms with Crippen LogP contribution in [0.1, 0.15) is 48.6 Å². The number of phenols is 1. The van der Waals surface area contributed by atoms with Gasteiger partial charge in [0.05, 0.1) is 0 Å². The van der Waals surface area contributed by atoms with Gasteiger partial charge in [-0.3, -0.25) is 4.90 Å². The van der Waals surface area contributed by atoms with Gasteiger partial charge in [0.15, 0.2) is 0 Å². The molecular weight excluding hydrogens is 385 g/mol. The van der Waals surface area contributed by atoms with Gasteiger partial charge in [0.1, 0.15) is 5.75 Å². The largest absolute Gasteiger partial charge is 0.507 e. The van der Waals surface area contributed by atoms with Crippen LogP contribution in [0.5, 0.6) is 5.75 Å². The van der Waals surface area contributed by atoms with Crippen molar-refractivity contribution in [3.8, 4) is 5.75 Å². The molecule has 0 saturated carbocycles. The Hall–Kier alpha value is -2.15. The second kappa shape index (κ2) is 9.33. The second-order valence-electron chi connectivity index (χ2n) is 9.33. The molecule has 3 heteroatoms. The predicted molar refractivity (Wildman–Crippen MR) is 132 cm³/mol. The lowest BCUT2D eigenvalue weighted by Crippen LogP contribution is -2.23. The lowest BCUT2D eigenvalue weighted by molar-refractivity contribution is 0.320. The molecule has 158 valence electrons. The van der Waals surface area contributed by atoms with E-state index in [1.54, 1.807) is 0 Å². The molecule has 0 amide bonds. The highest BCUT2D eigenvalue weighted by molar-refractivity contribution is 7.56. The molecule has 0 aliphatic carbocycles. The molecule has 1 unspecified atom stereocenters. The Morgan fingerprint density at radius 1 is 0.867 bits per heavy atom. The summed E-state index contributed by atoms with van der Waals surface area (Å²) in [5.41, 5.74) is 6.24. The van der Waals surface area contributed by atoms with Crippen molar-refractivity contribution < 1.29 is 5.11 Å². The van der Waals surface area contributed by atoms with Gasteiger partial charge in [-0.05, 0) is 65.5 Å². The molecule has 0 aromatic heterocycles.